The number of fused-ring (bicyclic) bond motifs is 2. The number of carbonyl (C=O) groups is 2. The number of aromatic amines is 2. The molecule has 0 radical (unpaired) electrons. The lowest BCUT2D eigenvalue weighted by Crippen LogP contribution is -2.38. The van der Waals surface area contributed by atoms with Crippen LogP contribution < -0.4 is 5.32 Å². The van der Waals surface area contributed by atoms with E-state index in [1.165, 1.54) is 0 Å². The lowest BCUT2D eigenvalue weighted by molar-refractivity contribution is -0.192. The summed E-state index contributed by atoms with van der Waals surface area (Å²) >= 11 is 0. The fourth-order valence-corrected chi connectivity index (χ4v) is 4.39. The molecule has 1 saturated carbocycles. The molecule has 2 heterocycles. The zero-order valence-electron chi connectivity index (χ0n) is 19.3. The number of halogens is 3. The molecule has 2 aromatic carbocycles. The monoisotopic (exact) mass is 501 g/mol. The van der Waals surface area contributed by atoms with Crippen LogP contribution in [-0.2, 0) is 16.0 Å². The van der Waals surface area contributed by atoms with Crippen LogP contribution in [0.25, 0.3) is 22.1 Å². The van der Waals surface area contributed by atoms with Crippen molar-refractivity contribution in [1.29, 1.82) is 0 Å². The maximum atomic E-state index is 12.5. The third-order valence-corrected chi connectivity index (χ3v) is 6.10. The molecule has 4 aromatic rings. The van der Waals surface area contributed by atoms with Gasteiger partial charge >= 0.3 is 12.1 Å². The van der Waals surface area contributed by atoms with Gasteiger partial charge in [0.25, 0.3) is 0 Å². The molecule has 1 fully saturated rings. The van der Waals surface area contributed by atoms with Crippen LogP contribution in [0.3, 0.4) is 0 Å². The van der Waals surface area contributed by atoms with Gasteiger partial charge in [0.1, 0.15) is 11.6 Å². The van der Waals surface area contributed by atoms with Gasteiger partial charge in [-0.2, -0.15) is 13.2 Å². The fraction of sp³-hybridized carbons (Fsp3) is 0.360. The van der Waals surface area contributed by atoms with Crippen LogP contribution in [0.1, 0.15) is 49.7 Å². The lowest BCUT2D eigenvalue weighted by atomic mass is 9.85. The van der Waals surface area contributed by atoms with E-state index in [1.807, 2.05) is 42.5 Å². The number of imidazole rings is 2. The van der Waals surface area contributed by atoms with Crippen LogP contribution in [0.4, 0.5) is 13.2 Å². The second-order valence-corrected chi connectivity index (χ2v) is 8.77. The number of aryl methyl sites for hydroxylation is 1. The Balaban J connectivity index is 0.000000384. The second-order valence-electron chi connectivity index (χ2n) is 8.77. The molecule has 2 aromatic heterocycles. The van der Waals surface area contributed by atoms with Crippen molar-refractivity contribution >= 4 is 33.9 Å². The molecule has 0 saturated heterocycles. The number of carboxylic acid groups (broad SMARTS) is 1. The number of aromatic nitrogens is 4. The molecule has 190 valence electrons. The summed E-state index contributed by atoms with van der Waals surface area (Å²) in [7, 11) is 0. The van der Waals surface area contributed by atoms with Gasteiger partial charge in [0.05, 0.1) is 22.1 Å². The van der Waals surface area contributed by atoms with Crippen molar-refractivity contribution in [1.82, 2.24) is 25.3 Å². The normalized spacial score (nSPS) is 18.0. The molecular formula is C25H26F3N5O3. The van der Waals surface area contributed by atoms with Gasteiger partial charge in [0, 0.05) is 24.8 Å². The van der Waals surface area contributed by atoms with Crippen molar-refractivity contribution in [3.63, 3.8) is 0 Å². The van der Waals surface area contributed by atoms with E-state index in [0.717, 1.165) is 59.4 Å². The molecule has 1 aliphatic carbocycles. The summed E-state index contributed by atoms with van der Waals surface area (Å²) in [6.07, 6.45) is 0.191. The van der Waals surface area contributed by atoms with Gasteiger partial charge in [0.15, 0.2) is 0 Å². The quantitative estimate of drug-likeness (QED) is 0.311. The molecule has 0 bridgehead atoms. The van der Waals surface area contributed by atoms with Crippen LogP contribution in [0, 0.1) is 0 Å². The Morgan fingerprint density at radius 3 is 2.19 bits per heavy atom. The number of nitrogens with one attached hydrogen (secondary N) is 3. The SMILES string of the molecule is O=C(CCc1nc2ccccc2[nH]1)NC1CCCC(c2nc3ccccc3[nH]2)C1.O=C(O)C(F)(F)F. The number of benzene rings is 2. The Kier molecular flexibility index (Phi) is 7.56. The molecule has 0 aliphatic heterocycles. The number of alkyl halides is 3. The van der Waals surface area contributed by atoms with E-state index in [4.69, 9.17) is 14.9 Å². The number of H-pyrrole nitrogens is 2. The highest BCUT2D eigenvalue weighted by Gasteiger charge is 2.38. The standard InChI is InChI=1S/C23H25N5O.C2HF3O2/c29-22(13-12-21-25-17-8-1-2-9-18(17)26-21)24-16-7-5-6-15(14-16)23-27-19-10-3-4-11-20(19)28-23;3-2(4,5)1(6)7/h1-4,8-11,15-16H,5-7,12-14H2,(H,24,29)(H,25,26)(H,27,28);(H,6,7). The topological polar surface area (TPSA) is 124 Å². The summed E-state index contributed by atoms with van der Waals surface area (Å²) in [6.45, 7) is 0. The maximum absolute atomic E-state index is 12.5. The lowest BCUT2D eigenvalue weighted by Gasteiger charge is -2.28. The molecule has 0 spiro atoms. The first-order valence-electron chi connectivity index (χ1n) is 11.7. The third kappa shape index (κ3) is 6.41. The second kappa shape index (κ2) is 10.8. The predicted molar refractivity (Wildman–Crippen MR) is 127 cm³/mol. The van der Waals surface area contributed by atoms with Crippen LogP contribution in [0.15, 0.2) is 48.5 Å². The zero-order chi connectivity index (χ0) is 25.7. The Morgan fingerprint density at radius 1 is 0.972 bits per heavy atom. The van der Waals surface area contributed by atoms with Gasteiger partial charge < -0.3 is 20.4 Å². The number of carbonyl (C=O) groups excluding carboxylic acids is 1. The number of amides is 1. The van der Waals surface area contributed by atoms with Crippen molar-refractivity contribution in [2.75, 3.05) is 0 Å². The van der Waals surface area contributed by atoms with Crippen molar-refractivity contribution < 1.29 is 27.9 Å². The van der Waals surface area contributed by atoms with Gasteiger partial charge in [0.2, 0.25) is 5.91 Å². The van der Waals surface area contributed by atoms with Gasteiger partial charge in [-0.15, -0.1) is 0 Å². The summed E-state index contributed by atoms with van der Waals surface area (Å²) in [6, 6.07) is 16.3. The van der Waals surface area contributed by atoms with Crippen molar-refractivity contribution in [2.45, 2.75) is 56.7 Å². The van der Waals surface area contributed by atoms with Crippen molar-refractivity contribution in [3.8, 4) is 0 Å². The number of hydrogen-bond donors (Lipinski definition) is 4. The molecule has 5 rings (SSSR count). The number of aliphatic carboxylic acids is 1. The molecule has 8 nitrogen and oxygen atoms in total. The highest BCUT2D eigenvalue weighted by Crippen LogP contribution is 2.32. The summed E-state index contributed by atoms with van der Waals surface area (Å²) in [5, 5.41) is 10.4. The Bertz CT molecular complexity index is 1280. The average molecular weight is 502 g/mol. The molecule has 2 atom stereocenters. The molecule has 4 N–H and O–H groups in total. The Hall–Kier alpha value is -3.89. The number of hydrogen-bond acceptors (Lipinski definition) is 4. The van der Waals surface area contributed by atoms with E-state index < -0.39 is 12.1 Å². The summed E-state index contributed by atoms with van der Waals surface area (Å²) < 4.78 is 31.7. The van der Waals surface area contributed by atoms with Gasteiger partial charge in [-0.05, 0) is 43.5 Å². The van der Waals surface area contributed by atoms with E-state index in [0.29, 0.717) is 18.8 Å². The summed E-state index contributed by atoms with van der Waals surface area (Å²) in [4.78, 5) is 37.5. The first-order chi connectivity index (χ1) is 17.2. The van der Waals surface area contributed by atoms with Gasteiger partial charge in [-0.25, -0.2) is 14.8 Å². The van der Waals surface area contributed by atoms with Gasteiger partial charge in [-0.3, -0.25) is 4.79 Å². The van der Waals surface area contributed by atoms with E-state index in [2.05, 4.69) is 26.3 Å². The summed E-state index contributed by atoms with van der Waals surface area (Å²) in [5.41, 5.74) is 4.06. The first-order valence-corrected chi connectivity index (χ1v) is 11.7. The smallest absolute Gasteiger partial charge is 0.475 e. The molecule has 2 unspecified atom stereocenters. The van der Waals surface area contributed by atoms with Crippen LogP contribution in [-0.4, -0.2) is 49.1 Å². The Morgan fingerprint density at radius 2 is 1.58 bits per heavy atom. The highest BCUT2D eigenvalue weighted by molar-refractivity contribution is 5.77. The fourth-order valence-electron chi connectivity index (χ4n) is 4.39. The van der Waals surface area contributed by atoms with Crippen molar-refractivity contribution in [2.24, 2.45) is 0 Å². The minimum Gasteiger partial charge on any atom is -0.475 e. The van der Waals surface area contributed by atoms with Crippen molar-refractivity contribution in [3.05, 3.63) is 60.2 Å². The van der Waals surface area contributed by atoms with Crippen LogP contribution >= 0.6 is 0 Å². The number of carboxylic acids is 1. The Labute approximate surface area is 204 Å². The minimum absolute atomic E-state index is 0.0979. The molecule has 11 heteroatoms. The largest absolute Gasteiger partial charge is 0.490 e. The number of rotatable bonds is 5. The number of nitrogens with zero attached hydrogens (tertiary/aromatic N) is 2. The third-order valence-electron chi connectivity index (χ3n) is 6.10. The molecule has 1 amide bonds. The molecule has 1 aliphatic rings. The van der Waals surface area contributed by atoms with Crippen LogP contribution in [0.2, 0.25) is 0 Å². The summed E-state index contributed by atoms with van der Waals surface area (Å²) in [5.74, 6) is -0.373. The van der Waals surface area contributed by atoms with E-state index in [1.54, 1.807) is 0 Å². The first kappa shape index (κ1) is 25.2. The van der Waals surface area contributed by atoms with E-state index >= 15 is 0 Å². The van der Waals surface area contributed by atoms with Crippen LogP contribution in [0.5, 0.6) is 0 Å². The maximum Gasteiger partial charge on any atom is 0.490 e. The van der Waals surface area contributed by atoms with E-state index in [9.17, 15) is 18.0 Å². The van der Waals surface area contributed by atoms with E-state index in [-0.39, 0.29) is 11.9 Å². The zero-order valence-corrected chi connectivity index (χ0v) is 19.3. The minimum atomic E-state index is -5.08. The van der Waals surface area contributed by atoms with Gasteiger partial charge in [-0.1, -0.05) is 30.7 Å². The molecule has 36 heavy (non-hydrogen) atoms. The number of para-hydroxylation sites is 4. The highest BCUT2D eigenvalue weighted by atomic mass is 19.4. The molecular weight excluding hydrogens is 475 g/mol. The predicted octanol–water partition coefficient (Wildman–Crippen LogP) is 4.85. The average Bonchev–Trinajstić information content (AvgIpc) is 3.47.